The van der Waals surface area contributed by atoms with Gasteiger partial charge >= 0.3 is 6.61 Å². The van der Waals surface area contributed by atoms with E-state index >= 15 is 0 Å². The molecule has 16 heavy (non-hydrogen) atoms. The molecule has 0 spiro atoms. The summed E-state index contributed by atoms with van der Waals surface area (Å²) in [5.41, 5.74) is 0.286. The van der Waals surface area contributed by atoms with Gasteiger partial charge in [0, 0.05) is 5.56 Å². The molecule has 0 amide bonds. The summed E-state index contributed by atoms with van der Waals surface area (Å²) in [6.07, 6.45) is 5.53. The van der Waals surface area contributed by atoms with Crippen molar-refractivity contribution in [1.82, 2.24) is 0 Å². The molecule has 0 aliphatic rings. The van der Waals surface area contributed by atoms with Crippen molar-refractivity contribution in [2.75, 3.05) is 6.61 Å². The monoisotopic (exact) mass is 226 g/mol. The second-order valence-electron chi connectivity index (χ2n) is 2.70. The predicted molar refractivity (Wildman–Crippen MR) is 52.8 cm³/mol. The van der Waals surface area contributed by atoms with Crippen LogP contribution in [0.15, 0.2) is 18.2 Å². The van der Waals surface area contributed by atoms with E-state index < -0.39 is 6.61 Å². The molecular weight excluding hydrogens is 218 g/mol. The van der Waals surface area contributed by atoms with Gasteiger partial charge in [-0.15, -0.1) is 6.42 Å². The predicted octanol–water partition coefficient (Wildman–Crippen LogP) is 2.11. The van der Waals surface area contributed by atoms with Crippen LogP contribution in [0.3, 0.4) is 0 Å². The highest BCUT2D eigenvalue weighted by Crippen LogP contribution is 2.29. The molecule has 0 N–H and O–H groups in total. The average Bonchev–Trinajstić information content (AvgIpc) is 2.27. The second-order valence-corrected chi connectivity index (χ2v) is 2.70. The van der Waals surface area contributed by atoms with Gasteiger partial charge in [-0.05, 0) is 18.2 Å². The third kappa shape index (κ3) is 3.24. The number of halogens is 2. The second kappa shape index (κ2) is 5.71. The first-order valence-corrected chi connectivity index (χ1v) is 4.27. The largest absolute Gasteiger partial charge is 0.477 e. The highest BCUT2D eigenvalue weighted by molar-refractivity contribution is 5.76. The van der Waals surface area contributed by atoms with E-state index in [1.165, 1.54) is 18.2 Å². The zero-order chi connectivity index (χ0) is 12.0. The lowest BCUT2D eigenvalue weighted by Gasteiger charge is -2.10. The van der Waals surface area contributed by atoms with Gasteiger partial charge in [-0.3, -0.25) is 4.79 Å². The number of terminal acetylenes is 1. The number of carbonyl (C=O) groups excluding carboxylic acids is 1. The van der Waals surface area contributed by atoms with Crippen LogP contribution in [0, 0.1) is 12.3 Å². The maximum absolute atomic E-state index is 12.0. The van der Waals surface area contributed by atoms with E-state index in [1.807, 2.05) is 0 Å². The molecule has 1 aromatic carbocycles. The van der Waals surface area contributed by atoms with Crippen molar-refractivity contribution in [3.8, 4) is 23.8 Å². The Morgan fingerprint density at radius 1 is 1.44 bits per heavy atom. The Kier molecular flexibility index (Phi) is 4.28. The average molecular weight is 226 g/mol. The molecule has 5 heteroatoms. The van der Waals surface area contributed by atoms with Crippen LogP contribution < -0.4 is 9.47 Å². The molecule has 3 nitrogen and oxygen atoms in total. The van der Waals surface area contributed by atoms with Gasteiger partial charge in [0.2, 0.25) is 0 Å². The van der Waals surface area contributed by atoms with Gasteiger partial charge in [0.15, 0.2) is 11.5 Å². The van der Waals surface area contributed by atoms with Crippen molar-refractivity contribution >= 4 is 6.29 Å². The quantitative estimate of drug-likeness (QED) is 0.569. The Morgan fingerprint density at radius 2 is 2.19 bits per heavy atom. The van der Waals surface area contributed by atoms with Crippen molar-refractivity contribution in [1.29, 1.82) is 0 Å². The van der Waals surface area contributed by atoms with Crippen LogP contribution in [0.1, 0.15) is 10.4 Å². The lowest BCUT2D eigenvalue weighted by atomic mass is 10.2. The summed E-state index contributed by atoms with van der Waals surface area (Å²) in [6.45, 7) is -3.06. The number of benzene rings is 1. The maximum Gasteiger partial charge on any atom is 0.387 e. The molecule has 0 fully saturated rings. The lowest BCUT2D eigenvalue weighted by Crippen LogP contribution is -2.05. The topological polar surface area (TPSA) is 35.5 Å². The van der Waals surface area contributed by atoms with E-state index in [0.29, 0.717) is 6.29 Å². The Balaban J connectivity index is 2.96. The molecule has 1 aromatic rings. The Labute approximate surface area is 91.0 Å². The molecule has 0 aromatic heterocycles. The van der Waals surface area contributed by atoms with E-state index in [-0.39, 0.29) is 23.7 Å². The third-order valence-electron chi connectivity index (χ3n) is 1.63. The minimum Gasteiger partial charge on any atom is -0.477 e. The van der Waals surface area contributed by atoms with E-state index in [1.54, 1.807) is 0 Å². The molecule has 0 atom stereocenters. The number of ether oxygens (including phenoxy) is 2. The van der Waals surface area contributed by atoms with E-state index in [0.717, 1.165) is 0 Å². The number of alkyl halides is 2. The molecule has 0 aliphatic heterocycles. The first kappa shape index (κ1) is 12.0. The van der Waals surface area contributed by atoms with Crippen LogP contribution in [-0.2, 0) is 0 Å². The first-order chi connectivity index (χ1) is 7.67. The number of hydrogen-bond acceptors (Lipinski definition) is 3. The molecular formula is C11H8F2O3. The van der Waals surface area contributed by atoms with Crippen LogP contribution in [0.5, 0.6) is 11.5 Å². The molecule has 0 heterocycles. The standard InChI is InChI=1S/C11H8F2O3/c1-2-5-15-10-6-8(7-14)3-4-9(10)16-11(12)13/h1,3-4,6-7,11H,5H2. The normalized spacial score (nSPS) is 9.62. The lowest BCUT2D eigenvalue weighted by molar-refractivity contribution is -0.0513. The van der Waals surface area contributed by atoms with Crippen molar-refractivity contribution in [3.05, 3.63) is 23.8 Å². The minimum atomic E-state index is -2.96. The smallest absolute Gasteiger partial charge is 0.387 e. The van der Waals surface area contributed by atoms with Gasteiger partial charge in [0.25, 0.3) is 0 Å². The maximum atomic E-state index is 12.0. The molecule has 0 saturated carbocycles. The van der Waals surface area contributed by atoms with Gasteiger partial charge in [-0.2, -0.15) is 8.78 Å². The number of carbonyl (C=O) groups is 1. The van der Waals surface area contributed by atoms with Gasteiger partial charge in [-0.25, -0.2) is 0 Å². The van der Waals surface area contributed by atoms with Crippen molar-refractivity contribution < 1.29 is 23.0 Å². The van der Waals surface area contributed by atoms with Gasteiger partial charge in [-0.1, -0.05) is 5.92 Å². The summed E-state index contributed by atoms with van der Waals surface area (Å²) in [5, 5.41) is 0. The number of rotatable bonds is 5. The Morgan fingerprint density at radius 3 is 2.75 bits per heavy atom. The highest BCUT2D eigenvalue weighted by Gasteiger charge is 2.11. The molecule has 0 radical (unpaired) electrons. The van der Waals surface area contributed by atoms with Gasteiger partial charge < -0.3 is 9.47 Å². The van der Waals surface area contributed by atoms with Crippen molar-refractivity contribution in [3.63, 3.8) is 0 Å². The van der Waals surface area contributed by atoms with E-state index in [2.05, 4.69) is 10.7 Å². The van der Waals surface area contributed by atoms with E-state index in [4.69, 9.17) is 11.2 Å². The zero-order valence-electron chi connectivity index (χ0n) is 8.15. The molecule has 0 bridgehead atoms. The first-order valence-electron chi connectivity index (χ1n) is 4.27. The summed E-state index contributed by atoms with van der Waals surface area (Å²) in [5.74, 6) is 2.04. The molecule has 0 aliphatic carbocycles. The molecule has 0 unspecified atom stereocenters. The summed E-state index contributed by atoms with van der Waals surface area (Å²) >= 11 is 0. The third-order valence-corrected chi connectivity index (χ3v) is 1.63. The van der Waals surface area contributed by atoms with Crippen LogP contribution >= 0.6 is 0 Å². The highest BCUT2D eigenvalue weighted by atomic mass is 19.3. The molecule has 0 saturated heterocycles. The van der Waals surface area contributed by atoms with Crippen LogP contribution in [0.25, 0.3) is 0 Å². The number of aldehydes is 1. The Bertz CT molecular complexity index is 410. The summed E-state index contributed by atoms with van der Waals surface area (Å²) < 4.78 is 33.2. The zero-order valence-corrected chi connectivity index (χ0v) is 8.15. The fourth-order valence-corrected chi connectivity index (χ4v) is 1.02. The molecule has 1 rings (SSSR count). The van der Waals surface area contributed by atoms with Crippen LogP contribution in [0.4, 0.5) is 8.78 Å². The van der Waals surface area contributed by atoms with Crippen LogP contribution in [-0.4, -0.2) is 19.5 Å². The SMILES string of the molecule is C#CCOc1cc(C=O)ccc1OC(F)F. The van der Waals surface area contributed by atoms with Gasteiger partial charge in [0.05, 0.1) is 0 Å². The van der Waals surface area contributed by atoms with Crippen LogP contribution in [0.2, 0.25) is 0 Å². The number of hydrogen-bond donors (Lipinski definition) is 0. The van der Waals surface area contributed by atoms with Crippen molar-refractivity contribution in [2.24, 2.45) is 0 Å². The fraction of sp³-hybridized carbons (Fsp3) is 0.182. The summed E-state index contributed by atoms with van der Waals surface area (Å²) in [4.78, 5) is 10.5. The van der Waals surface area contributed by atoms with Gasteiger partial charge in [0.1, 0.15) is 12.9 Å². The molecule has 84 valence electrons. The Hall–Kier alpha value is -2.09. The fourth-order valence-electron chi connectivity index (χ4n) is 1.02. The van der Waals surface area contributed by atoms with E-state index in [9.17, 15) is 13.6 Å². The van der Waals surface area contributed by atoms with Crippen molar-refractivity contribution in [2.45, 2.75) is 6.61 Å². The summed E-state index contributed by atoms with van der Waals surface area (Å²) in [6, 6.07) is 3.84. The summed E-state index contributed by atoms with van der Waals surface area (Å²) in [7, 11) is 0. The minimum absolute atomic E-state index is 0.0165.